The SMILES string of the molecule is COc1cc(C=O)c(C)c2ccccc12. The molecule has 2 rings (SSSR count). The zero-order valence-corrected chi connectivity index (χ0v) is 8.78. The molecule has 0 N–H and O–H groups in total. The number of fused-ring (bicyclic) bond motifs is 1. The molecule has 0 unspecified atom stereocenters. The van der Waals surface area contributed by atoms with E-state index in [4.69, 9.17) is 4.74 Å². The Morgan fingerprint density at radius 1 is 1.20 bits per heavy atom. The van der Waals surface area contributed by atoms with Crippen LogP contribution in [0.15, 0.2) is 30.3 Å². The summed E-state index contributed by atoms with van der Waals surface area (Å²) in [5.74, 6) is 0.748. The van der Waals surface area contributed by atoms with Gasteiger partial charge in [0.2, 0.25) is 0 Å². The molecule has 0 bridgehead atoms. The second-order valence-corrected chi connectivity index (χ2v) is 3.46. The van der Waals surface area contributed by atoms with Crippen LogP contribution in [0.2, 0.25) is 0 Å². The van der Waals surface area contributed by atoms with Crippen LogP contribution in [-0.4, -0.2) is 13.4 Å². The Labute approximate surface area is 88.5 Å². The van der Waals surface area contributed by atoms with Crippen molar-refractivity contribution in [2.75, 3.05) is 7.11 Å². The van der Waals surface area contributed by atoms with E-state index in [-0.39, 0.29) is 0 Å². The molecule has 0 aromatic heterocycles. The monoisotopic (exact) mass is 200 g/mol. The van der Waals surface area contributed by atoms with Gasteiger partial charge < -0.3 is 4.74 Å². The number of ether oxygens (including phenoxy) is 1. The highest BCUT2D eigenvalue weighted by Crippen LogP contribution is 2.30. The second-order valence-electron chi connectivity index (χ2n) is 3.46. The molecule has 2 aromatic rings. The van der Waals surface area contributed by atoms with E-state index in [1.807, 2.05) is 31.2 Å². The van der Waals surface area contributed by atoms with Crippen molar-refractivity contribution in [3.63, 3.8) is 0 Å². The minimum atomic E-state index is 0.686. The largest absolute Gasteiger partial charge is 0.496 e. The van der Waals surface area contributed by atoms with E-state index in [0.29, 0.717) is 5.56 Å². The van der Waals surface area contributed by atoms with Crippen LogP contribution in [-0.2, 0) is 0 Å². The molecule has 0 amide bonds. The van der Waals surface area contributed by atoms with Gasteiger partial charge in [0.05, 0.1) is 7.11 Å². The quantitative estimate of drug-likeness (QED) is 0.696. The van der Waals surface area contributed by atoms with Gasteiger partial charge in [-0.25, -0.2) is 0 Å². The van der Waals surface area contributed by atoms with E-state index in [1.54, 1.807) is 13.2 Å². The Bertz CT molecular complexity index is 515. The number of carbonyl (C=O) groups is 1. The number of carbonyl (C=O) groups excluding carboxylic acids is 1. The van der Waals surface area contributed by atoms with Gasteiger partial charge in [0.15, 0.2) is 0 Å². The van der Waals surface area contributed by atoms with Gasteiger partial charge in [-0.05, 0) is 23.9 Å². The van der Waals surface area contributed by atoms with Crippen molar-refractivity contribution in [2.45, 2.75) is 6.92 Å². The van der Waals surface area contributed by atoms with Crippen molar-refractivity contribution in [3.05, 3.63) is 41.5 Å². The molecule has 2 aromatic carbocycles. The third-order valence-electron chi connectivity index (χ3n) is 2.66. The van der Waals surface area contributed by atoms with Crippen LogP contribution in [0.4, 0.5) is 0 Å². The van der Waals surface area contributed by atoms with Gasteiger partial charge in [-0.15, -0.1) is 0 Å². The molecule has 76 valence electrons. The lowest BCUT2D eigenvalue weighted by molar-refractivity contribution is 0.112. The van der Waals surface area contributed by atoms with Gasteiger partial charge in [-0.3, -0.25) is 4.79 Å². The number of methoxy groups -OCH3 is 1. The van der Waals surface area contributed by atoms with Crippen LogP contribution >= 0.6 is 0 Å². The van der Waals surface area contributed by atoms with E-state index in [1.165, 1.54) is 0 Å². The zero-order valence-electron chi connectivity index (χ0n) is 8.78. The van der Waals surface area contributed by atoms with Crippen molar-refractivity contribution in [1.29, 1.82) is 0 Å². The van der Waals surface area contributed by atoms with E-state index in [2.05, 4.69) is 0 Å². The fourth-order valence-electron chi connectivity index (χ4n) is 1.80. The van der Waals surface area contributed by atoms with Crippen molar-refractivity contribution >= 4 is 17.1 Å². The summed E-state index contributed by atoms with van der Waals surface area (Å²) in [6, 6.07) is 9.70. The molecule has 0 heterocycles. The molecule has 0 aliphatic heterocycles. The summed E-state index contributed by atoms with van der Waals surface area (Å²) in [7, 11) is 1.62. The first kappa shape index (κ1) is 9.71. The van der Waals surface area contributed by atoms with E-state index >= 15 is 0 Å². The first-order valence-electron chi connectivity index (χ1n) is 4.79. The molecule has 0 aliphatic rings. The molecule has 15 heavy (non-hydrogen) atoms. The number of benzene rings is 2. The first-order chi connectivity index (χ1) is 7.27. The van der Waals surface area contributed by atoms with Gasteiger partial charge in [-0.2, -0.15) is 0 Å². The highest BCUT2D eigenvalue weighted by atomic mass is 16.5. The van der Waals surface area contributed by atoms with Gasteiger partial charge >= 0.3 is 0 Å². The lowest BCUT2D eigenvalue weighted by Crippen LogP contribution is -1.92. The summed E-state index contributed by atoms with van der Waals surface area (Å²) in [5.41, 5.74) is 1.69. The Kier molecular flexibility index (Phi) is 2.42. The maximum atomic E-state index is 10.9. The zero-order chi connectivity index (χ0) is 10.8. The lowest BCUT2D eigenvalue weighted by atomic mass is 10.00. The molecule has 0 fully saturated rings. The Morgan fingerprint density at radius 2 is 1.87 bits per heavy atom. The summed E-state index contributed by atoms with van der Waals surface area (Å²) in [5, 5.41) is 2.11. The van der Waals surface area contributed by atoms with Crippen LogP contribution in [0.25, 0.3) is 10.8 Å². The maximum Gasteiger partial charge on any atom is 0.150 e. The third-order valence-corrected chi connectivity index (χ3v) is 2.66. The smallest absolute Gasteiger partial charge is 0.150 e. The van der Waals surface area contributed by atoms with Crippen LogP contribution in [0, 0.1) is 6.92 Å². The standard InChI is InChI=1S/C13H12O2/c1-9-10(8-14)7-13(15-2)12-6-4-3-5-11(9)12/h3-8H,1-2H3. The van der Waals surface area contributed by atoms with Crippen molar-refractivity contribution in [2.24, 2.45) is 0 Å². The maximum absolute atomic E-state index is 10.9. The highest BCUT2D eigenvalue weighted by molar-refractivity contribution is 5.97. The van der Waals surface area contributed by atoms with E-state index in [9.17, 15) is 4.79 Å². The van der Waals surface area contributed by atoms with Crippen LogP contribution in [0.5, 0.6) is 5.75 Å². The number of aldehydes is 1. The lowest BCUT2D eigenvalue weighted by Gasteiger charge is -2.09. The Balaban J connectivity index is 2.89. The molecule has 0 radical (unpaired) electrons. The molecular formula is C13H12O2. The topological polar surface area (TPSA) is 26.3 Å². The van der Waals surface area contributed by atoms with Crippen LogP contribution in [0.1, 0.15) is 15.9 Å². The molecule has 0 atom stereocenters. The van der Waals surface area contributed by atoms with Gasteiger partial charge in [0.25, 0.3) is 0 Å². The third kappa shape index (κ3) is 1.48. The van der Waals surface area contributed by atoms with E-state index < -0.39 is 0 Å². The first-order valence-corrected chi connectivity index (χ1v) is 4.79. The predicted molar refractivity (Wildman–Crippen MR) is 60.6 cm³/mol. The minimum Gasteiger partial charge on any atom is -0.496 e. The average molecular weight is 200 g/mol. The summed E-state index contributed by atoms with van der Waals surface area (Å²) < 4.78 is 5.27. The number of hydrogen-bond acceptors (Lipinski definition) is 2. The fourth-order valence-corrected chi connectivity index (χ4v) is 1.80. The van der Waals surface area contributed by atoms with Crippen LogP contribution in [0.3, 0.4) is 0 Å². The molecule has 2 heteroatoms. The van der Waals surface area contributed by atoms with Crippen LogP contribution < -0.4 is 4.74 Å². The number of rotatable bonds is 2. The van der Waals surface area contributed by atoms with Gasteiger partial charge in [0, 0.05) is 10.9 Å². The predicted octanol–water partition coefficient (Wildman–Crippen LogP) is 2.97. The van der Waals surface area contributed by atoms with Gasteiger partial charge in [-0.1, -0.05) is 24.3 Å². The molecular weight excluding hydrogens is 188 g/mol. The van der Waals surface area contributed by atoms with Gasteiger partial charge in [0.1, 0.15) is 12.0 Å². The molecule has 0 aliphatic carbocycles. The number of hydrogen-bond donors (Lipinski definition) is 0. The summed E-state index contributed by atoms with van der Waals surface area (Å²) in [6.45, 7) is 1.95. The summed E-state index contributed by atoms with van der Waals surface area (Å²) in [6.07, 6.45) is 0.865. The van der Waals surface area contributed by atoms with Crippen molar-refractivity contribution in [1.82, 2.24) is 0 Å². The highest BCUT2D eigenvalue weighted by Gasteiger charge is 2.07. The van der Waals surface area contributed by atoms with Crippen molar-refractivity contribution < 1.29 is 9.53 Å². The molecule has 0 saturated heterocycles. The molecule has 0 spiro atoms. The minimum absolute atomic E-state index is 0.686. The fraction of sp³-hybridized carbons (Fsp3) is 0.154. The number of aryl methyl sites for hydroxylation is 1. The normalized spacial score (nSPS) is 10.3. The second kappa shape index (κ2) is 3.73. The Morgan fingerprint density at radius 3 is 2.47 bits per heavy atom. The average Bonchev–Trinajstić information content (AvgIpc) is 2.30. The van der Waals surface area contributed by atoms with E-state index in [0.717, 1.165) is 28.4 Å². The van der Waals surface area contributed by atoms with Crippen molar-refractivity contribution in [3.8, 4) is 5.75 Å². The summed E-state index contributed by atoms with van der Waals surface area (Å²) >= 11 is 0. The summed E-state index contributed by atoms with van der Waals surface area (Å²) in [4.78, 5) is 10.9. The molecule has 2 nitrogen and oxygen atoms in total. The molecule has 0 saturated carbocycles. The Hall–Kier alpha value is -1.83.